The van der Waals surface area contributed by atoms with Gasteiger partial charge in [0.2, 0.25) is 0 Å². The Kier molecular flexibility index (Phi) is 4.42. The van der Waals surface area contributed by atoms with Crippen molar-refractivity contribution in [3.8, 4) is 0 Å². The number of rotatable bonds is 5. The molecule has 1 N–H and O–H groups in total. The molecule has 1 saturated heterocycles. The number of carbonyl (C=O) groups excluding carboxylic acids is 1. The van der Waals surface area contributed by atoms with Crippen molar-refractivity contribution in [1.29, 1.82) is 0 Å². The molecule has 1 aromatic heterocycles. The van der Waals surface area contributed by atoms with Crippen molar-refractivity contribution in [2.45, 2.75) is 39.2 Å². The first-order valence-corrected chi connectivity index (χ1v) is 7.05. The number of likely N-dealkylation sites (tertiary alicyclic amines) is 1. The van der Waals surface area contributed by atoms with Crippen molar-refractivity contribution in [1.82, 2.24) is 9.47 Å². The van der Waals surface area contributed by atoms with Crippen LogP contribution in [0.5, 0.6) is 0 Å². The zero-order valence-electron chi connectivity index (χ0n) is 12.1. The Labute approximate surface area is 115 Å². The van der Waals surface area contributed by atoms with Gasteiger partial charge in [0.05, 0.1) is 6.54 Å². The SMILES string of the molecule is Cc1cc(C(=O)CN2CCCC2CCO)c(C)n1C. The number of aromatic nitrogens is 1. The fourth-order valence-electron chi connectivity index (χ4n) is 2.99. The fraction of sp³-hybridized carbons (Fsp3) is 0.667. The largest absolute Gasteiger partial charge is 0.396 e. The van der Waals surface area contributed by atoms with Gasteiger partial charge in [-0.25, -0.2) is 0 Å². The molecule has 2 rings (SSSR count). The summed E-state index contributed by atoms with van der Waals surface area (Å²) in [6, 6.07) is 2.36. The average Bonchev–Trinajstić information content (AvgIpc) is 2.90. The first-order chi connectivity index (χ1) is 9.04. The second-order valence-electron chi connectivity index (χ2n) is 5.55. The van der Waals surface area contributed by atoms with Crippen LogP contribution < -0.4 is 0 Å². The van der Waals surface area contributed by atoms with E-state index >= 15 is 0 Å². The Balaban J connectivity index is 2.06. The Morgan fingerprint density at radius 1 is 1.47 bits per heavy atom. The molecule has 1 aliphatic heterocycles. The number of Topliss-reactive ketones (excluding diaryl/α,β-unsaturated/α-hetero) is 1. The minimum Gasteiger partial charge on any atom is -0.396 e. The summed E-state index contributed by atoms with van der Waals surface area (Å²) in [7, 11) is 1.99. The van der Waals surface area contributed by atoms with Crippen LogP contribution in [0.4, 0.5) is 0 Å². The highest BCUT2D eigenvalue weighted by molar-refractivity contribution is 5.99. The van der Waals surface area contributed by atoms with Gasteiger partial charge in [-0.2, -0.15) is 0 Å². The maximum Gasteiger partial charge on any atom is 0.178 e. The number of carbonyl (C=O) groups is 1. The second kappa shape index (κ2) is 5.88. The number of hydrogen-bond acceptors (Lipinski definition) is 3. The quantitative estimate of drug-likeness (QED) is 0.823. The molecule has 0 bridgehead atoms. The van der Waals surface area contributed by atoms with Gasteiger partial charge >= 0.3 is 0 Å². The van der Waals surface area contributed by atoms with Crippen molar-refractivity contribution in [3.63, 3.8) is 0 Å². The lowest BCUT2D eigenvalue weighted by Crippen LogP contribution is -2.35. The summed E-state index contributed by atoms with van der Waals surface area (Å²) in [6.07, 6.45) is 3.01. The fourth-order valence-corrected chi connectivity index (χ4v) is 2.99. The van der Waals surface area contributed by atoms with Crippen LogP contribution >= 0.6 is 0 Å². The molecular weight excluding hydrogens is 240 g/mol. The van der Waals surface area contributed by atoms with Crippen molar-refractivity contribution < 1.29 is 9.90 Å². The molecule has 19 heavy (non-hydrogen) atoms. The first kappa shape index (κ1) is 14.3. The van der Waals surface area contributed by atoms with E-state index in [2.05, 4.69) is 9.47 Å². The highest BCUT2D eigenvalue weighted by Crippen LogP contribution is 2.21. The standard InChI is InChI=1S/C15H24N2O2/c1-11-9-14(12(2)16(11)3)15(19)10-17-7-4-5-13(17)6-8-18/h9,13,18H,4-8,10H2,1-3H3. The minimum absolute atomic E-state index is 0.200. The molecule has 1 unspecified atom stereocenters. The van der Waals surface area contributed by atoms with E-state index in [-0.39, 0.29) is 12.4 Å². The molecule has 0 radical (unpaired) electrons. The van der Waals surface area contributed by atoms with Crippen LogP contribution in [-0.4, -0.2) is 46.1 Å². The van der Waals surface area contributed by atoms with Gasteiger partial charge < -0.3 is 9.67 Å². The highest BCUT2D eigenvalue weighted by atomic mass is 16.3. The number of hydrogen-bond donors (Lipinski definition) is 1. The summed E-state index contributed by atoms with van der Waals surface area (Å²) in [5.41, 5.74) is 3.00. The highest BCUT2D eigenvalue weighted by Gasteiger charge is 2.26. The second-order valence-corrected chi connectivity index (χ2v) is 5.55. The van der Waals surface area contributed by atoms with E-state index in [1.165, 1.54) is 0 Å². The monoisotopic (exact) mass is 264 g/mol. The molecule has 0 spiro atoms. The molecule has 1 aliphatic rings. The summed E-state index contributed by atoms with van der Waals surface area (Å²) in [6.45, 7) is 5.68. The van der Waals surface area contributed by atoms with Gasteiger partial charge in [-0.1, -0.05) is 0 Å². The van der Waals surface area contributed by atoms with E-state index in [4.69, 9.17) is 5.11 Å². The average molecular weight is 264 g/mol. The van der Waals surface area contributed by atoms with E-state index in [0.29, 0.717) is 12.6 Å². The minimum atomic E-state index is 0.200. The van der Waals surface area contributed by atoms with Gasteiger partial charge in [0, 0.05) is 36.6 Å². The van der Waals surface area contributed by atoms with Gasteiger partial charge in [-0.3, -0.25) is 9.69 Å². The first-order valence-electron chi connectivity index (χ1n) is 7.05. The Hall–Kier alpha value is -1.13. The van der Waals surface area contributed by atoms with Gasteiger partial charge in [0.1, 0.15) is 0 Å². The summed E-state index contributed by atoms with van der Waals surface area (Å²) in [5, 5.41) is 9.06. The topological polar surface area (TPSA) is 45.5 Å². The predicted octanol–water partition coefficient (Wildman–Crippen LogP) is 1.67. The van der Waals surface area contributed by atoms with E-state index < -0.39 is 0 Å². The molecule has 1 fully saturated rings. The molecule has 4 heteroatoms. The van der Waals surface area contributed by atoms with Gasteiger partial charge in [0.15, 0.2) is 5.78 Å². The summed E-state index contributed by atoms with van der Waals surface area (Å²) < 4.78 is 2.06. The third kappa shape index (κ3) is 2.90. The lowest BCUT2D eigenvalue weighted by Gasteiger charge is -2.22. The van der Waals surface area contributed by atoms with Crippen LogP contribution in [0.15, 0.2) is 6.07 Å². The van der Waals surface area contributed by atoms with Crippen LogP contribution in [0.1, 0.15) is 41.0 Å². The molecule has 106 valence electrons. The van der Waals surface area contributed by atoms with Gasteiger partial charge in [-0.15, -0.1) is 0 Å². The lowest BCUT2D eigenvalue weighted by molar-refractivity contribution is 0.0908. The van der Waals surface area contributed by atoms with E-state index in [1.807, 2.05) is 27.0 Å². The molecule has 0 saturated carbocycles. The van der Waals surface area contributed by atoms with Crippen molar-refractivity contribution >= 4 is 5.78 Å². The van der Waals surface area contributed by atoms with Crippen LogP contribution in [0.2, 0.25) is 0 Å². The normalized spacial score (nSPS) is 20.1. The molecule has 0 amide bonds. The smallest absolute Gasteiger partial charge is 0.178 e. The van der Waals surface area contributed by atoms with E-state index in [1.54, 1.807) is 0 Å². The molecular formula is C15H24N2O2. The Morgan fingerprint density at radius 3 is 2.79 bits per heavy atom. The molecule has 1 aromatic rings. The van der Waals surface area contributed by atoms with Crippen LogP contribution in [0.25, 0.3) is 0 Å². The van der Waals surface area contributed by atoms with Gasteiger partial charge in [-0.05, 0) is 45.7 Å². The number of aliphatic hydroxyl groups is 1. The molecule has 4 nitrogen and oxygen atoms in total. The molecule has 2 heterocycles. The lowest BCUT2D eigenvalue weighted by atomic mass is 10.1. The predicted molar refractivity (Wildman–Crippen MR) is 75.5 cm³/mol. The van der Waals surface area contributed by atoms with Crippen molar-refractivity contribution in [2.75, 3.05) is 19.7 Å². The number of aryl methyl sites for hydroxylation is 1. The maximum atomic E-state index is 12.4. The maximum absolute atomic E-state index is 12.4. The third-order valence-corrected chi connectivity index (χ3v) is 4.38. The van der Waals surface area contributed by atoms with E-state index in [0.717, 1.165) is 42.8 Å². The van der Waals surface area contributed by atoms with Crippen molar-refractivity contribution in [2.24, 2.45) is 7.05 Å². The van der Waals surface area contributed by atoms with Crippen LogP contribution in [-0.2, 0) is 7.05 Å². The van der Waals surface area contributed by atoms with E-state index in [9.17, 15) is 4.79 Å². The summed E-state index contributed by atoms with van der Waals surface area (Å²) in [5.74, 6) is 0.200. The zero-order chi connectivity index (χ0) is 14.0. The third-order valence-electron chi connectivity index (χ3n) is 4.38. The number of nitrogens with zero attached hydrogens (tertiary/aromatic N) is 2. The number of ketones is 1. The zero-order valence-corrected chi connectivity index (χ0v) is 12.1. The molecule has 0 aromatic carbocycles. The number of aliphatic hydroxyl groups excluding tert-OH is 1. The van der Waals surface area contributed by atoms with Gasteiger partial charge in [0.25, 0.3) is 0 Å². The Bertz CT molecular complexity index is 465. The molecule has 0 aliphatic carbocycles. The van der Waals surface area contributed by atoms with Crippen molar-refractivity contribution in [3.05, 3.63) is 23.0 Å². The van der Waals surface area contributed by atoms with Crippen LogP contribution in [0, 0.1) is 13.8 Å². The molecule has 1 atom stereocenters. The Morgan fingerprint density at radius 2 is 2.21 bits per heavy atom. The summed E-state index contributed by atoms with van der Waals surface area (Å²) >= 11 is 0. The van der Waals surface area contributed by atoms with Crippen LogP contribution in [0.3, 0.4) is 0 Å². The summed E-state index contributed by atoms with van der Waals surface area (Å²) in [4.78, 5) is 14.6.